The van der Waals surface area contributed by atoms with Crippen molar-refractivity contribution in [1.29, 1.82) is 0 Å². The largest absolute Gasteiger partial charge is 0.444 e. The van der Waals surface area contributed by atoms with Crippen LogP contribution in [-0.2, 0) is 4.74 Å². The van der Waals surface area contributed by atoms with Gasteiger partial charge in [-0.3, -0.25) is 4.99 Å². The molecule has 0 aromatic rings. The van der Waals surface area contributed by atoms with Gasteiger partial charge in [-0.2, -0.15) is 0 Å². The van der Waals surface area contributed by atoms with Crippen molar-refractivity contribution in [3.05, 3.63) is 0 Å². The number of nitrogens with one attached hydrogen (secondary N) is 3. The van der Waals surface area contributed by atoms with Crippen molar-refractivity contribution >= 4 is 12.1 Å². The van der Waals surface area contributed by atoms with Crippen molar-refractivity contribution < 1.29 is 9.53 Å². The van der Waals surface area contributed by atoms with E-state index in [4.69, 9.17) is 9.73 Å². The van der Waals surface area contributed by atoms with Gasteiger partial charge in [-0.25, -0.2) is 4.79 Å². The summed E-state index contributed by atoms with van der Waals surface area (Å²) in [6.45, 7) is 15.6. The van der Waals surface area contributed by atoms with E-state index in [1.165, 1.54) is 25.9 Å². The van der Waals surface area contributed by atoms with Crippen LogP contribution in [-0.4, -0.2) is 66.4 Å². The number of likely N-dealkylation sites (tertiary alicyclic amines) is 1. The molecule has 0 unspecified atom stereocenters. The fourth-order valence-electron chi connectivity index (χ4n) is 3.80. The molecule has 29 heavy (non-hydrogen) atoms. The van der Waals surface area contributed by atoms with E-state index >= 15 is 0 Å². The molecule has 0 aromatic heterocycles. The maximum absolute atomic E-state index is 12.4. The highest BCUT2D eigenvalue weighted by Crippen LogP contribution is 2.29. The van der Waals surface area contributed by atoms with Gasteiger partial charge in [0.05, 0.1) is 12.1 Å². The Morgan fingerprint density at radius 3 is 2.17 bits per heavy atom. The summed E-state index contributed by atoms with van der Waals surface area (Å²) in [7, 11) is 0. The minimum Gasteiger partial charge on any atom is -0.444 e. The smallest absolute Gasteiger partial charge is 0.408 e. The van der Waals surface area contributed by atoms with Gasteiger partial charge in [0.25, 0.3) is 0 Å². The van der Waals surface area contributed by atoms with Crippen LogP contribution in [0.5, 0.6) is 0 Å². The zero-order chi connectivity index (χ0) is 21.5. The number of amides is 1. The number of ether oxygens (including phenoxy) is 1. The van der Waals surface area contributed by atoms with Crippen molar-refractivity contribution in [2.75, 3.05) is 26.2 Å². The van der Waals surface area contributed by atoms with Gasteiger partial charge in [-0.1, -0.05) is 13.8 Å². The minimum atomic E-state index is -0.508. The molecule has 0 spiro atoms. The number of alkyl carbamates (subject to hydrolysis) is 1. The number of carbonyl (C=O) groups is 1. The van der Waals surface area contributed by atoms with Crippen LogP contribution in [0.2, 0.25) is 0 Å². The summed E-state index contributed by atoms with van der Waals surface area (Å²) in [5.74, 6) is 0.842. The highest BCUT2D eigenvalue weighted by atomic mass is 16.6. The first-order valence-electron chi connectivity index (χ1n) is 11.5. The number of hydrogen-bond acceptors (Lipinski definition) is 4. The molecule has 1 heterocycles. The molecular weight excluding hydrogens is 366 g/mol. The van der Waals surface area contributed by atoms with Crippen molar-refractivity contribution in [2.45, 2.75) is 103 Å². The lowest BCUT2D eigenvalue weighted by Gasteiger charge is -2.34. The predicted molar refractivity (Wildman–Crippen MR) is 119 cm³/mol. The Bertz CT molecular complexity index is 542. The predicted octanol–water partition coefficient (Wildman–Crippen LogP) is 3.25. The molecule has 1 saturated heterocycles. The van der Waals surface area contributed by atoms with Crippen LogP contribution in [0.4, 0.5) is 4.79 Å². The molecule has 1 aliphatic heterocycles. The van der Waals surface area contributed by atoms with Gasteiger partial charge in [-0.15, -0.1) is 0 Å². The van der Waals surface area contributed by atoms with Crippen molar-refractivity contribution in [3.63, 3.8) is 0 Å². The molecule has 0 radical (unpaired) electrons. The third-order valence-corrected chi connectivity index (χ3v) is 5.94. The van der Waals surface area contributed by atoms with E-state index in [2.05, 4.69) is 41.6 Å². The first-order chi connectivity index (χ1) is 13.7. The molecule has 0 atom stereocenters. The van der Waals surface area contributed by atoms with Crippen LogP contribution in [0.3, 0.4) is 0 Å². The van der Waals surface area contributed by atoms with Gasteiger partial charge in [0.1, 0.15) is 5.60 Å². The topological polar surface area (TPSA) is 78.0 Å². The Hall–Kier alpha value is -1.50. The monoisotopic (exact) mass is 409 g/mol. The van der Waals surface area contributed by atoms with Crippen molar-refractivity contribution in [3.8, 4) is 0 Å². The zero-order valence-electron chi connectivity index (χ0n) is 19.4. The average Bonchev–Trinajstić information content (AvgIpc) is 3.49. The van der Waals surface area contributed by atoms with Crippen LogP contribution in [0.1, 0.15) is 80.1 Å². The third kappa shape index (κ3) is 8.03. The van der Waals surface area contributed by atoms with E-state index in [1.807, 2.05) is 20.8 Å². The summed E-state index contributed by atoms with van der Waals surface area (Å²) < 4.78 is 5.47. The number of aliphatic imine (C=N–C) groups is 1. The van der Waals surface area contributed by atoms with E-state index in [0.29, 0.717) is 12.6 Å². The molecule has 2 aliphatic rings. The molecule has 1 saturated carbocycles. The highest BCUT2D eigenvalue weighted by molar-refractivity contribution is 5.80. The summed E-state index contributed by atoms with van der Waals surface area (Å²) in [4.78, 5) is 19.8. The Morgan fingerprint density at radius 2 is 1.69 bits per heavy atom. The zero-order valence-corrected chi connectivity index (χ0v) is 19.4. The van der Waals surface area contributed by atoms with Gasteiger partial charge in [-0.05, 0) is 66.2 Å². The second-order valence-electron chi connectivity index (χ2n) is 9.50. The standard InChI is InChI=1S/C22H43N5O2/c1-7-22(8-2,26-20(28)29-21(4,5)6)16-24-19(23-9-3)25-17-12-14-27(15-13-17)18-10-11-18/h17-18H,7-16H2,1-6H3,(H,26,28)(H2,23,24,25). The van der Waals surface area contributed by atoms with Crippen LogP contribution in [0.25, 0.3) is 0 Å². The van der Waals surface area contributed by atoms with E-state index in [1.54, 1.807) is 0 Å². The second-order valence-corrected chi connectivity index (χ2v) is 9.50. The average molecular weight is 410 g/mol. The molecule has 1 amide bonds. The van der Waals surface area contributed by atoms with Crippen molar-refractivity contribution in [1.82, 2.24) is 20.9 Å². The summed E-state index contributed by atoms with van der Waals surface area (Å²) >= 11 is 0. The van der Waals surface area contributed by atoms with Crippen LogP contribution >= 0.6 is 0 Å². The SMILES string of the molecule is CCNC(=NCC(CC)(CC)NC(=O)OC(C)(C)C)NC1CCN(C2CC2)CC1. The first-order valence-corrected chi connectivity index (χ1v) is 11.5. The maximum Gasteiger partial charge on any atom is 0.408 e. The molecule has 0 bridgehead atoms. The van der Waals surface area contributed by atoms with E-state index < -0.39 is 11.1 Å². The number of carbonyl (C=O) groups excluding carboxylic acids is 1. The molecule has 7 heteroatoms. The van der Waals surface area contributed by atoms with Crippen LogP contribution in [0.15, 0.2) is 4.99 Å². The molecule has 3 N–H and O–H groups in total. The lowest BCUT2D eigenvalue weighted by molar-refractivity contribution is 0.0452. The Labute approximate surface area is 177 Å². The van der Waals surface area contributed by atoms with E-state index in [9.17, 15) is 4.79 Å². The number of piperidine rings is 1. The quantitative estimate of drug-likeness (QED) is 0.424. The minimum absolute atomic E-state index is 0.373. The summed E-state index contributed by atoms with van der Waals surface area (Å²) in [6.07, 6.45) is 6.29. The fourth-order valence-corrected chi connectivity index (χ4v) is 3.80. The Morgan fingerprint density at radius 1 is 1.07 bits per heavy atom. The van der Waals surface area contributed by atoms with E-state index in [0.717, 1.165) is 44.2 Å². The fraction of sp³-hybridized carbons (Fsp3) is 0.909. The van der Waals surface area contributed by atoms with Crippen LogP contribution < -0.4 is 16.0 Å². The molecule has 1 aliphatic carbocycles. The highest BCUT2D eigenvalue weighted by Gasteiger charge is 2.33. The Balaban J connectivity index is 1.94. The molecule has 2 rings (SSSR count). The van der Waals surface area contributed by atoms with Gasteiger partial charge < -0.3 is 25.6 Å². The van der Waals surface area contributed by atoms with Gasteiger partial charge in [0.2, 0.25) is 0 Å². The van der Waals surface area contributed by atoms with Gasteiger partial charge >= 0.3 is 6.09 Å². The first kappa shape index (κ1) is 23.8. The van der Waals surface area contributed by atoms with Gasteiger partial charge in [0, 0.05) is 31.7 Å². The van der Waals surface area contributed by atoms with Gasteiger partial charge in [0.15, 0.2) is 5.96 Å². The summed E-state index contributed by atoms with van der Waals surface area (Å²) in [6, 6.07) is 1.31. The van der Waals surface area contributed by atoms with Crippen molar-refractivity contribution in [2.24, 2.45) is 4.99 Å². The molecule has 7 nitrogen and oxygen atoms in total. The van der Waals surface area contributed by atoms with Crippen LogP contribution in [0, 0.1) is 0 Å². The third-order valence-electron chi connectivity index (χ3n) is 5.94. The van der Waals surface area contributed by atoms with E-state index in [-0.39, 0.29) is 6.09 Å². The number of nitrogens with zero attached hydrogens (tertiary/aromatic N) is 2. The molecule has 0 aromatic carbocycles. The summed E-state index contributed by atoms with van der Waals surface area (Å²) in [5, 5.41) is 10.1. The number of hydrogen-bond donors (Lipinski definition) is 3. The molecule has 168 valence electrons. The number of rotatable bonds is 8. The Kier molecular flexibility index (Phi) is 8.61. The molecule has 2 fully saturated rings. The second kappa shape index (κ2) is 10.5. The molecular formula is C22H43N5O2. The number of guanidine groups is 1. The lowest BCUT2D eigenvalue weighted by Crippen LogP contribution is -2.53. The lowest BCUT2D eigenvalue weighted by atomic mass is 9.93. The summed E-state index contributed by atoms with van der Waals surface area (Å²) in [5.41, 5.74) is -0.910. The normalized spacial score (nSPS) is 19.7. The maximum atomic E-state index is 12.4.